The van der Waals surface area contributed by atoms with Crippen LogP contribution in [0.1, 0.15) is 12.7 Å². The number of aliphatic hydroxyl groups is 1. The minimum atomic E-state index is -0.0409. The maximum absolute atomic E-state index is 9.25. The summed E-state index contributed by atoms with van der Waals surface area (Å²) in [4.78, 5) is 4.37. The summed E-state index contributed by atoms with van der Waals surface area (Å²) in [5.74, 6) is 0.695. The molecular formula is C12H16N2O2. The number of ether oxygens (including phenoxy) is 1. The normalized spacial score (nSPS) is 11.1. The topological polar surface area (TPSA) is 47.3 Å². The van der Waals surface area contributed by atoms with Crippen LogP contribution in [0.15, 0.2) is 24.3 Å². The average Bonchev–Trinajstić information content (AvgIpc) is 2.68. The van der Waals surface area contributed by atoms with Crippen LogP contribution in [0.3, 0.4) is 0 Å². The van der Waals surface area contributed by atoms with Crippen LogP contribution in [0.5, 0.6) is 0 Å². The molecule has 0 bridgehead atoms. The third kappa shape index (κ3) is 2.08. The second-order valence-electron chi connectivity index (χ2n) is 3.52. The second kappa shape index (κ2) is 5.09. The van der Waals surface area contributed by atoms with Crippen molar-refractivity contribution in [1.29, 1.82) is 0 Å². The Morgan fingerprint density at radius 3 is 2.94 bits per heavy atom. The number of hydrogen-bond donors (Lipinski definition) is 1. The van der Waals surface area contributed by atoms with Crippen molar-refractivity contribution < 1.29 is 9.84 Å². The Labute approximate surface area is 94.5 Å². The van der Waals surface area contributed by atoms with Crippen molar-refractivity contribution in [1.82, 2.24) is 9.55 Å². The van der Waals surface area contributed by atoms with E-state index in [2.05, 4.69) is 4.98 Å². The van der Waals surface area contributed by atoms with Crippen LogP contribution in [0.4, 0.5) is 0 Å². The van der Waals surface area contributed by atoms with Crippen molar-refractivity contribution in [3.8, 4) is 0 Å². The monoisotopic (exact) mass is 220 g/mol. The van der Waals surface area contributed by atoms with Gasteiger partial charge in [-0.1, -0.05) is 12.1 Å². The van der Waals surface area contributed by atoms with Gasteiger partial charge in [0.1, 0.15) is 12.4 Å². The molecule has 0 saturated heterocycles. The highest BCUT2D eigenvalue weighted by molar-refractivity contribution is 5.75. The zero-order valence-corrected chi connectivity index (χ0v) is 9.39. The van der Waals surface area contributed by atoms with Crippen molar-refractivity contribution in [2.24, 2.45) is 0 Å². The molecule has 0 aliphatic rings. The smallest absolute Gasteiger partial charge is 0.135 e. The first-order valence-electron chi connectivity index (χ1n) is 5.49. The third-order valence-electron chi connectivity index (χ3n) is 2.54. The lowest BCUT2D eigenvalue weighted by Gasteiger charge is -2.07. The van der Waals surface area contributed by atoms with Gasteiger partial charge in [0.2, 0.25) is 0 Å². The molecule has 0 aliphatic heterocycles. The zero-order valence-electron chi connectivity index (χ0n) is 9.39. The minimum Gasteiger partial charge on any atom is -0.388 e. The van der Waals surface area contributed by atoms with Crippen molar-refractivity contribution >= 4 is 11.0 Å². The number of rotatable bonds is 5. The highest BCUT2D eigenvalue weighted by Crippen LogP contribution is 2.15. The summed E-state index contributed by atoms with van der Waals surface area (Å²) in [6.07, 6.45) is 0. The zero-order chi connectivity index (χ0) is 11.4. The molecule has 0 radical (unpaired) electrons. The van der Waals surface area contributed by atoms with Gasteiger partial charge in [0.25, 0.3) is 0 Å². The molecule has 4 nitrogen and oxygen atoms in total. The quantitative estimate of drug-likeness (QED) is 0.778. The van der Waals surface area contributed by atoms with Crippen LogP contribution in [-0.2, 0) is 17.9 Å². The third-order valence-corrected chi connectivity index (χ3v) is 2.54. The van der Waals surface area contributed by atoms with Crippen LogP contribution >= 0.6 is 0 Å². The van der Waals surface area contributed by atoms with E-state index in [-0.39, 0.29) is 6.61 Å². The van der Waals surface area contributed by atoms with E-state index in [4.69, 9.17) is 4.74 Å². The highest BCUT2D eigenvalue weighted by Gasteiger charge is 2.08. The number of benzene rings is 1. The van der Waals surface area contributed by atoms with E-state index in [1.54, 1.807) is 0 Å². The fraction of sp³-hybridized carbons (Fsp3) is 0.417. The van der Waals surface area contributed by atoms with E-state index in [1.807, 2.05) is 35.8 Å². The van der Waals surface area contributed by atoms with Crippen LogP contribution in [0.2, 0.25) is 0 Å². The molecule has 1 aromatic heterocycles. The van der Waals surface area contributed by atoms with Crippen LogP contribution in [0, 0.1) is 0 Å². The van der Waals surface area contributed by atoms with Crippen LogP contribution < -0.4 is 0 Å². The van der Waals surface area contributed by atoms with Gasteiger partial charge in [-0.15, -0.1) is 0 Å². The summed E-state index contributed by atoms with van der Waals surface area (Å²) in [6.45, 7) is 4.01. The van der Waals surface area contributed by atoms with Crippen LogP contribution in [0.25, 0.3) is 11.0 Å². The summed E-state index contributed by atoms with van der Waals surface area (Å²) in [5, 5.41) is 9.25. The SMILES string of the molecule is CCOCCn1c(CO)nc2ccccc21. The average molecular weight is 220 g/mol. The number of aliphatic hydroxyl groups excluding tert-OH is 1. The summed E-state index contributed by atoms with van der Waals surface area (Å²) in [7, 11) is 0. The van der Waals surface area contributed by atoms with Crippen molar-refractivity contribution in [3.63, 3.8) is 0 Å². The molecule has 1 heterocycles. The largest absolute Gasteiger partial charge is 0.388 e. The number of para-hydroxylation sites is 2. The Kier molecular flexibility index (Phi) is 3.54. The lowest BCUT2D eigenvalue weighted by Crippen LogP contribution is -2.09. The van der Waals surface area contributed by atoms with Gasteiger partial charge >= 0.3 is 0 Å². The molecule has 1 aromatic carbocycles. The van der Waals surface area contributed by atoms with E-state index in [0.29, 0.717) is 19.0 Å². The molecule has 0 amide bonds. The molecule has 1 N–H and O–H groups in total. The number of aromatic nitrogens is 2. The number of nitrogens with zero attached hydrogens (tertiary/aromatic N) is 2. The van der Waals surface area contributed by atoms with E-state index in [9.17, 15) is 5.11 Å². The van der Waals surface area contributed by atoms with Gasteiger partial charge in [0, 0.05) is 13.2 Å². The first kappa shape index (κ1) is 11.1. The molecule has 0 saturated carbocycles. The molecular weight excluding hydrogens is 204 g/mol. The van der Waals surface area contributed by atoms with Gasteiger partial charge in [-0.25, -0.2) is 4.98 Å². The van der Waals surface area contributed by atoms with Gasteiger partial charge < -0.3 is 14.4 Å². The molecule has 0 atom stereocenters. The molecule has 0 aliphatic carbocycles. The van der Waals surface area contributed by atoms with E-state index >= 15 is 0 Å². The fourth-order valence-electron chi connectivity index (χ4n) is 1.80. The van der Waals surface area contributed by atoms with Gasteiger partial charge in [-0.05, 0) is 19.1 Å². The van der Waals surface area contributed by atoms with Crippen molar-refractivity contribution in [3.05, 3.63) is 30.1 Å². The van der Waals surface area contributed by atoms with Gasteiger partial charge in [0.05, 0.1) is 17.6 Å². The lowest BCUT2D eigenvalue weighted by atomic mass is 10.3. The summed E-state index contributed by atoms with van der Waals surface area (Å²) >= 11 is 0. The van der Waals surface area contributed by atoms with E-state index < -0.39 is 0 Å². The number of hydrogen-bond acceptors (Lipinski definition) is 3. The first-order valence-corrected chi connectivity index (χ1v) is 5.49. The Morgan fingerprint density at radius 1 is 1.38 bits per heavy atom. The van der Waals surface area contributed by atoms with E-state index in [1.165, 1.54) is 0 Å². The molecule has 2 aromatic rings. The van der Waals surface area contributed by atoms with Gasteiger partial charge in [0.15, 0.2) is 0 Å². The van der Waals surface area contributed by atoms with Crippen molar-refractivity contribution in [2.75, 3.05) is 13.2 Å². The minimum absolute atomic E-state index is 0.0409. The Morgan fingerprint density at radius 2 is 2.19 bits per heavy atom. The maximum atomic E-state index is 9.25. The lowest BCUT2D eigenvalue weighted by molar-refractivity contribution is 0.137. The molecule has 0 unspecified atom stereocenters. The Balaban J connectivity index is 2.32. The molecule has 16 heavy (non-hydrogen) atoms. The Bertz CT molecular complexity index is 465. The maximum Gasteiger partial charge on any atom is 0.135 e. The highest BCUT2D eigenvalue weighted by atomic mass is 16.5. The summed E-state index contributed by atoms with van der Waals surface area (Å²) in [5.41, 5.74) is 1.97. The standard InChI is InChI=1S/C12H16N2O2/c1-2-16-8-7-14-11-6-4-3-5-10(11)13-12(14)9-15/h3-6,15H,2,7-9H2,1H3. The molecule has 0 spiro atoms. The predicted octanol–water partition coefficient (Wildman–Crippen LogP) is 1.57. The van der Waals surface area contributed by atoms with Crippen LogP contribution in [-0.4, -0.2) is 27.9 Å². The Hall–Kier alpha value is -1.39. The second-order valence-corrected chi connectivity index (χ2v) is 3.52. The molecule has 0 fully saturated rings. The molecule has 2 rings (SSSR count). The summed E-state index contributed by atoms with van der Waals surface area (Å²) in [6, 6.07) is 7.88. The van der Waals surface area contributed by atoms with Crippen molar-refractivity contribution in [2.45, 2.75) is 20.1 Å². The number of fused-ring (bicyclic) bond motifs is 1. The number of imidazole rings is 1. The van der Waals surface area contributed by atoms with Gasteiger partial charge in [-0.3, -0.25) is 0 Å². The first-order chi connectivity index (χ1) is 7.86. The molecule has 4 heteroatoms. The van der Waals surface area contributed by atoms with Gasteiger partial charge in [-0.2, -0.15) is 0 Å². The fourth-order valence-corrected chi connectivity index (χ4v) is 1.80. The summed E-state index contributed by atoms with van der Waals surface area (Å²) < 4.78 is 7.33. The molecule has 86 valence electrons. The predicted molar refractivity (Wildman–Crippen MR) is 62.1 cm³/mol. The van der Waals surface area contributed by atoms with E-state index in [0.717, 1.165) is 17.6 Å².